The van der Waals surface area contributed by atoms with Gasteiger partial charge in [-0.3, -0.25) is 14.6 Å². The number of ether oxygens (including phenoxy) is 2. The summed E-state index contributed by atoms with van der Waals surface area (Å²) in [7, 11) is 1.34. The summed E-state index contributed by atoms with van der Waals surface area (Å²) in [5.41, 5.74) is 0.563. The number of esters is 1. The van der Waals surface area contributed by atoms with Crippen LogP contribution in [0.1, 0.15) is 29.6 Å². The highest BCUT2D eigenvalue weighted by atomic mass is 16.5. The molecule has 1 aliphatic heterocycles. The van der Waals surface area contributed by atoms with E-state index in [1.807, 2.05) is 0 Å². The summed E-state index contributed by atoms with van der Waals surface area (Å²) >= 11 is 0. The zero-order valence-electron chi connectivity index (χ0n) is 12.2. The van der Waals surface area contributed by atoms with Crippen molar-refractivity contribution >= 4 is 11.9 Å². The van der Waals surface area contributed by atoms with Gasteiger partial charge in [-0.15, -0.1) is 0 Å². The number of pyridine rings is 1. The first-order chi connectivity index (χ1) is 10.2. The standard InChI is InChI=1S/C15H20N2O4/c1-20-14(18)6-9-17(11-13-3-2-10-21-13)15(19)12-4-7-16-8-5-12/h4-5,7-8,13H,2-3,6,9-11H2,1H3. The number of amides is 1. The molecule has 0 N–H and O–H groups in total. The Morgan fingerprint density at radius 1 is 1.43 bits per heavy atom. The van der Waals surface area contributed by atoms with Crippen molar-refractivity contribution < 1.29 is 19.1 Å². The van der Waals surface area contributed by atoms with Gasteiger partial charge in [0.05, 0.1) is 19.6 Å². The lowest BCUT2D eigenvalue weighted by Crippen LogP contribution is -2.38. The van der Waals surface area contributed by atoms with Crippen LogP contribution in [0.15, 0.2) is 24.5 Å². The summed E-state index contributed by atoms with van der Waals surface area (Å²) in [5.74, 6) is -0.438. The van der Waals surface area contributed by atoms with Crippen molar-refractivity contribution in [2.75, 3.05) is 26.8 Å². The number of carbonyl (C=O) groups excluding carboxylic acids is 2. The first kappa shape index (κ1) is 15.4. The minimum absolute atomic E-state index is 0.0495. The number of carbonyl (C=O) groups is 2. The lowest BCUT2D eigenvalue weighted by atomic mass is 10.2. The maximum Gasteiger partial charge on any atom is 0.307 e. The van der Waals surface area contributed by atoms with E-state index < -0.39 is 0 Å². The van der Waals surface area contributed by atoms with Gasteiger partial charge in [-0.1, -0.05) is 0 Å². The SMILES string of the molecule is COC(=O)CCN(CC1CCCO1)C(=O)c1ccncc1. The fraction of sp³-hybridized carbons (Fsp3) is 0.533. The molecule has 2 rings (SSSR count). The molecule has 1 saturated heterocycles. The molecule has 0 aliphatic carbocycles. The number of methoxy groups -OCH3 is 1. The van der Waals surface area contributed by atoms with E-state index in [4.69, 9.17) is 4.74 Å². The van der Waals surface area contributed by atoms with Crippen molar-refractivity contribution in [1.82, 2.24) is 9.88 Å². The van der Waals surface area contributed by atoms with Crippen LogP contribution in [0.2, 0.25) is 0 Å². The highest BCUT2D eigenvalue weighted by Crippen LogP contribution is 2.15. The summed E-state index contributed by atoms with van der Waals surface area (Å²) in [6.45, 7) is 1.56. The van der Waals surface area contributed by atoms with Gasteiger partial charge >= 0.3 is 5.97 Å². The second kappa shape index (κ2) is 7.73. The van der Waals surface area contributed by atoms with Crippen LogP contribution in [0.3, 0.4) is 0 Å². The molecule has 0 saturated carbocycles. The monoisotopic (exact) mass is 292 g/mol. The highest BCUT2D eigenvalue weighted by molar-refractivity contribution is 5.94. The molecular formula is C15H20N2O4. The molecule has 0 aromatic carbocycles. The third-order valence-electron chi connectivity index (χ3n) is 3.48. The summed E-state index contributed by atoms with van der Waals surface area (Å²) in [6.07, 6.45) is 5.35. The van der Waals surface area contributed by atoms with Gasteiger partial charge in [-0.05, 0) is 25.0 Å². The van der Waals surface area contributed by atoms with Crippen LogP contribution in [-0.2, 0) is 14.3 Å². The zero-order valence-corrected chi connectivity index (χ0v) is 12.2. The van der Waals surface area contributed by atoms with Gasteiger partial charge in [0.2, 0.25) is 0 Å². The van der Waals surface area contributed by atoms with Crippen molar-refractivity contribution in [2.24, 2.45) is 0 Å². The minimum Gasteiger partial charge on any atom is -0.469 e. The fourth-order valence-electron chi connectivity index (χ4n) is 2.32. The lowest BCUT2D eigenvalue weighted by Gasteiger charge is -2.25. The number of hydrogen-bond donors (Lipinski definition) is 0. The Morgan fingerprint density at radius 3 is 2.81 bits per heavy atom. The molecule has 1 aliphatic rings. The van der Waals surface area contributed by atoms with Crippen LogP contribution in [0, 0.1) is 0 Å². The molecule has 1 amide bonds. The van der Waals surface area contributed by atoms with Crippen molar-refractivity contribution in [3.63, 3.8) is 0 Å². The van der Waals surface area contributed by atoms with Gasteiger partial charge in [0.25, 0.3) is 5.91 Å². The third-order valence-corrected chi connectivity index (χ3v) is 3.48. The summed E-state index contributed by atoms with van der Waals surface area (Å²) < 4.78 is 10.2. The molecule has 1 aromatic heterocycles. The molecule has 2 heterocycles. The second-order valence-corrected chi connectivity index (χ2v) is 4.95. The Bertz CT molecular complexity index is 472. The van der Waals surface area contributed by atoms with Crippen molar-refractivity contribution in [3.05, 3.63) is 30.1 Å². The van der Waals surface area contributed by atoms with E-state index >= 15 is 0 Å². The molecule has 1 aromatic rings. The van der Waals surface area contributed by atoms with Crippen molar-refractivity contribution in [3.8, 4) is 0 Å². The molecule has 114 valence electrons. The molecule has 6 nitrogen and oxygen atoms in total. The fourth-order valence-corrected chi connectivity index (χ4v) is 2.32. The molecule has 21 heavy (non-hydrogen) atoms. The molecule has 0 radical (unpaired) electrons. The first-order valence-corrected chi connectivity index (χ1v) is 7.08. The second-order valence-electron chi connectivity index (χ2n) is 4.95. The van der Waals surface area contributed by atoms with E-state index in [0.717, 1.165) is 19.4 Å². The Hall–Kier alpha value is -1.95. The van der Waals surface area contributed by atoms with Gasteiger partial charge in [0.1, 0.15) is 0 Å². The third kappa shape index (κ3) is 4.53. The molecular weight excluding hydrogens is 272 g/mol. The number of rotatable bonds is 6. The maximum atomic E-state index is 12.5. The summed E-state index contributed by atoms with van der Waals surface area (Å²) in [6, 6.07) is 3.34. The average Bonchev–Trinajstić information content (AvgIpc) is 3.04. The predicted octanol–water partition coefficient (Wildman–Crippen LogP) is 1.27. The van der Waals surface area contributed by atoms with Crippen LogP contribution < -0.4 is 0 Å². The van der Waals surface area contributed by atoms with E-state index in [9.17, 15) is 9.59 Å². The zero-order chi connectivity index (χ0) is 15.1. The van der Waals surface area contributed by atoms with Gasteiger partial charge in [-0.25, -0.2) is 0 Å². The van der Waals surface area contributed by atoms with Crippen LogP contribution in [0.5, 0.6) is 0 Å². The average molecular weight is 292 g/mol. The predicted molar refractivity (Wildman–Crippen MR) is 75.7 cm³/mol. The first-order valence-electron chi connectivity index (χ1n) is 7.08. The van der Waals surface area contributed by atoms with Gasteiger partial charge in [0, 0.05) is 37.7 Å². The van der Waals surface area contributed by atoms with E-state index in [-0.39, 0.29) is 24.4 Å². The smallest absolute Gasteiger partial charge is 0.307 e. The maximum absolute atomic E-state index is 12.5. The minimum atomic E-state index is -0.324. The Labute approximate surface area is 124 Å². The largest absolute Gasteiger partial charge is 0.469 e. The van der Waals surface area contributed by atoms with Crippen LogP contribution in [0.4, 0.5) is 0 Å². The van der Waals surface area contributed by atoms with Crippen molar-refractivity contribution in [1.29, 1.82) is 0 Å². The normalized spacial score (nSPS) is 17.5. The van der Waals surface area contributed by atoms with E-state index in [2.05, 4.69) is 9.72 Å². The Kier molecular flexibility index (Phi) is 5.68. The number of aromatic nitrogens is 1. The highest BCUT2D eigenvalue weighted by Gasteiger charge is 2.24. The van der Waals surface area contributed by atoms with E-state index in [1.165, 1.54) is 7.11 Å². The van der Waals surface area contributed by atoms with Crippen LogP contribution in [0.25, 0.3) is 0 Å². The van der Waals surface area contributed by atoms with Gasteiger partial charge < -0.3 is 14.4 Å². The summed E-state index contributed by atoms with van der Waals surface area (Å²) in [4.78, 5) is 29.4. The van der Waals surface area contributed by atoms with E-state index in [0.29, 0.717) is 18.7 Å². The number of nitrogens with zero attached hydrogens (tertiary/aromatic N) is 2. The lowest BCUT2D eigenvalue weighted by molar-refractivity contribution is -0.140. The molecule has 1 unspecified atom stereocenters. The molecule has 1 atom stereocenters. The Morgan fingerprint density at radius 2 is 2.19 bits per heavy atom. The molecule has 1 fully saturated rings. The van der Waals surface area contributed by atoms with Crippen LogP contribution >= 0.6 is 0 Å². The quantitative estimate of drug-likeness (QED) is 0.738. The van der Waals surface area contributed by atoms with Crippen molar-refractivity contribution in [2.45, 2.75) is 25.4 Å². The molecule has 0 bridgehead atoms. The van der Waals surface area contributed by atoms with Gasteiger partial charge in [0.15, 0.2) is 0 Å². The molecule has 6 heteroatoms. The summed E-state index contributed by atoms with van der Waals surface area (Å²) in [5, 5.41) is 0. The number of hydrogen-bond acceptors (Lipinski definition) is 5. The van der Waals surface area contributed by atoms with Crippen LogP contribution in [-0.4, -0.2) is 54.7 Å². The Balaban J connectivity index is 2.02. The van der Waals surface area contributed by atoms with E-state index in [1.54, 1.807) is 29.4 Å². The topological polar surface area (TPSA) is 68.7 Å². The van der Waals surface area contributed by atoms with Gasteiger partial charge in [-0.2, -0.15) is 0 Å². The molecule has 0 spiro atoms.